The molecule has 23 heavy (non-hydrogen) atoms. The molecule has 0 aliphatic carbocycles. The van der Waals surface area contributed by atoms with Gasteiger partial charge in [-0.15, -0.1) is 0 Å². The molecule has 0 radical (unpaired) electrons. The van der Waals surface area contributed by atoms with Gasteiger partial charge in [0.1, 0.15) is 5.60 Å². The van der Waals surface area contributed by atoms with Crippen LogP contribution >= 0.6 is 0 Å². The van der Waals surface area contributed by atoms with E-state index in [1.54, 1.807) is 18.3 Å². The average molecular weight is 321 g/mol. The van der Waals surface area contributed by atoms with Crippen LogP contribution in [0.4, 0.5) is 4.79 Å². The summed E-state index contributed by atoms with van der Waals surface area (Å²) in [6.45, 7) is 9.90. The fourth-order valence-electron chi connectivity index (χ4n) is 2.05. The minimum Gasteiger partial charge on any atom is -0.444 e. The van der Waals surface area contributed by atoms with Crippen LogP contribution in [0.2, 0.25) is 0 Å². The number of hydrogen-bond acceptors (Lipinski definition) is 4. The highest BCUT2D eigenvalue weighted by atomic mass is 16.6. The summed E-state index contributed by atoms with van der Waals surface area (Å²) in [6.07, 6.45) is 3.39. The molecule has 0 fully saturated rings. The van der Waals surface area contributed by atoms with Gasteiger partial charge in [0.2, 0.25) is 0 Å². The van der Waals surface area contributed by atoms with E-state index in [9.17, 15) is 9.59 Å². The van der Waals surface area contributed by atoms with E-state index in [2.05, 4.69) is 29.5 Å². The number of carbonyl (C=O) groups is 2. The molecule has 0 aliphatic rings. The van der Waals surface area contributed by atoms with Crippen molar-refractivity contribution in [1.29, 1.82) is 0 Å². The lowest BCUT2D eigenvalue weighted by molar-refractivity contribution is 0.0496. The lowest BCUT2D eigenvalue weighted by atomic mass is 10.0. The molecule has 0 aromatic carbocycles. The van der Waals surface area contributed by atoms with Gasteiger partial charge in [0.05, 0.1) is 5.56 Å². The number of alkyl carbamates (subject to hydrolysis) is 1. The minimum absolute atomic E-state index is 0.189. The van der Waals surface area contributed by atoms with E-state index in [0.717, 1.165) is 6.42 Å². The Balaban J connectivity index is 2.57. The van der Waals surface area contributed by atoms with Crippen LogP contribution in [0.1, 0.15) is 51.4 Å². The first-order valence-corrected chi connectivity index (χ1v) is 7.85. The Morgan fingerprint density at radius 2 is 2.00 bits per heavy atom. The number of carbonyl (C=O) groups excluding carboxylic acids is 2. The largest absolute Gasteiger partial charge is 0.444 e. The first-order chi connectivity index (χ1) is 10.7. The third-order valence-electron chi connectivity index (χ3n) is 2.91. The zero-order valence-electron chi connectivity index (χ0n) is 14.6. The van der Waals surface area contributed by atoms with Crippen molar-refractivity contribution >= 4 is 12.0 Å². The summed E-state index contributed by atoms with van der Waals surface area (Å²) in [6, 6.07) is 3.21. The molecule has 0 unspecified atom stereocenters. The number of nitrogens with one attached hydrogen (secondary N) is 2. The molecule has 1 atom stereocenters. The number of aromatic nitrogens is 1. The van der Waals surface area contributed by atoms with Crippen molar-refractivity contribution in [3.05, 3.63) is 30.1 Å². The third kappa shape index (κ3) is 8.18. The summed E-state index contributed by atoms with van der Waals surface area (Å²) in [7, 11) is 0. The van der Waals surface area contributed by atoms with E-state index in [1.165, 1.54) is 6.20 Å². The molecule has 1 rings (SSSR count). The van der Waals surface area contributed by atoms with Gasteiger partial charge in [-0.1, -0.05) is 13.8 Å². The fraction of sp³-hybridized carbons (Fsp3) is 0.588. The Labute approximate surface area is 138 Å². The molecule has 1 aromatic heterocycles. The molecule has 6 nitrogen and oxygen atoms in total. The van der Waals surface area contributed by atoms with Crippen LogP contribution in [-0.4, -0.2) is 35.2 Å². The molecule has 0 aliphatic heterocycles. The Hall–Kier alpha value is -2.11. The Kier molecular flexibility index (Phi) is 7.00. The molecule has 0 saturated carbocycles. The highest BCUT2D eigenvalue weighted by Crippen LogP contribution is 2.09. The van der Waals surface area contributed by atoms with Gasteiger partial charge in [-0.05, 0) is 45.2 Å². The van der Waals surface area contributed by atoms with Crippen molar-refractivity contribution in [3.63, 3.8) is 0 Å². The molecule has 128 valence electrons. The van der Waals surface area contributed by atoms with Crippen LogP contribution < -0.4 is 10.6 Å². The van der Waals surface area contributed by atoms with Crippen molar-refractivity contribution < 1.29 is 14.3 Å². The summed E-state index contributed by atoms with van der Waals surface area (Å²) in [4.78, 5) is 27.9. The number of nitrogens with zero attached hydrogens (tertiary/aromatic N) is 1. The van der Waals surface area contributed by atoms with Gasteiger partial charge in [-0.3, -0.25) is 9.78 Å². The second-order valence-corrected chi connectivity index (χ2v) is 6.92. The maximum absolute atomic E-state index is 12.1. The number of hydrogen-bond donors (Lipinski definition) is 2. The Morgan fingerprint density at radius 3 is 2.52 bits per heavy atom. The fourth-order valence-corrected chi connectivity index (χ4v) is 2.05. The molecule has 2 N–H and O–H groups in total. The predicted molar refractivity (Wildman–Crippen MR) is 89.2 cm³/mol. The van der Waals surface area contributed by atoms with Crippen LogP contribution in [-0.2, 0) is 4.74 Å². The average Bonchev–Trinajstić information content (AvgIpc) is 2.42. The molecule has 2 amide bonds. The summed E-state index contributed by atoms with van der Waals surface area (Å²) >= 11 is 0. The van der Waals surface area contributed by atoms with Crippen molar-refractivity contribution in [2.24, 2.45) is 5.92 Å². The molecule has 1 heterocycles. The smallest absolute Gasteiger partial charge is 0.407 e. The van der Waals surface area contributed by atoms with Gasteiger partial charge >= 0.3 is 6.09 Å². The Bertz CT molecular complexity index is 510. The molecular weight excluding hydrogens is 294 g/mol. The van der Waals surface area contributed by atoms with Gasteiger partial charge in [-0.25, -0.2) is 4.79 Å². The van der Waals surface area contributed by atoms with Crippen LogP contribution in [0.25, 0.3) is 0 Å². The van der Waals surface area contributed by atoms with E-state index < -0.39 is 11.7 Å². The number of pyridine rings is 1. The standard InChI is InChI=1S/C17H27N3O3/c1-12(2)9-14(20-16(22)23-17(3,4)5)11-19-15(21)13-7-6-8-18-10-13/h6-8,10,12,14H,9,11H2,1-5H3,(H,19,21)(H,20,22)/t14-/m0/s1. The maximum Gasteiger partial charge on any atom is 0.407 e. The number of ether oxygens (including phenoxy) is 1. The predicted octanol–water partition coefficient (Wildman–Crippen LogP) is 2.75. The molecule has 0 saturated heterocycles. The first kappa shape index (κ1) is 18.9. The highest BCUT2D eigenvalue weighted by molar-refractivity contribution is 5.93. The van der Waals surface area contributed by atoms with E-state index in [0.29, 0.717) is 18.0 Å². The van der Waals surface area contributed by atoms with Gasteiger partial charge in [0, 0.05) is 25.0 Å². The third-order valence-corrected chi connectivity index (χ3v) is 2.91. The SMILES string of the molecule is CC(C)C[C@@H](CNC(=O)c1cccnc1)NC(=O)OC(C)(C)C. The van der Waals surface area contributed by atoms with Crippen LogP contribution in [0.15, 0.2) is 24.5 Å². The van der Waals surface area contributed by atoms with Crippen molar-refractivity contribution in [2.45, 2.75) is 52.7 Å². The lowest BCUT2D eigenvalue weighted by Crippen LogP contribution is -2.46. The summed E-state index contributed by atoms with van der Waals surface area (Å²) in [5.74, 6) is 0.170. The van der Waals surface area contributed by atoms with Gasteiger partial charge in [0.25, 0.3) is 5.91 Å². The monoisotopic (exact) mass is 321 g/mol. The zero-order chi connectivity index (χ0) is 17.5. The topological polar surface area (TPSA) is 80.3 Å². The summed E-state index contributed by atoms with van der Waals surface area (Å²) in [5.41, 5.74) is -0.0566. The van der Waals surface area contributed by atoms with Gasteiger partial charge < -0.3 is 15.4 Å². The molecule has 0 spiro atoms. The number of amides is 2. The second-order valence-electron chi connectivity index (χ2n) is 6.92. The van der Waals surface area contributed by atoms with E-state index >= 15 is 0 Å². The van der Waals surface area contributed by atoms with E-state index in [-0.39, 0.29) is 11.9 Å². The van der Waals surface area contributed by atoms with Crippen LogP contribution in [0, 0.1) is 5.92 Å². The van der Waals surface area contributed by atoms with Gasteiger partial charge in [0.15, 0.2) is 0 Å². The van der Waals surface area contributed by atoms with Crippen molar-refractivity contribution in [3.8, 4) is 0 Å². The van der Waals surface area contributed by atoms with Crippen LogP contribution in [0.5, 0.6) is 0 Å². The lowest BCUT2D eigenvalue weighted by Gasteiger charge is -2.24. The summed E-state index contributed by atoms with van der Waals surface area (Å²) in [5, 5.41) is 5.64. The molecular formula is C17H27N3O3. The van der Waals surface area contributed by atoms with Crippen LogP contribution in [0.3, 0.4) is 0 Å². The highest BCUT2D eigenvalue weighted by Gasteiger charge is 2.20. The van der Waals surface area contributed by atoms with Gasteiger partial charge in [-0.2, -0.15) is 0 Å². The number of rotatable bonds is 6. The Morgan fingerprint density at radius 1 is 1.30 bits per heavy atom. The van der Waals surface area contributed by atoms with Crippen molar-refractivity contribution in [1.82, 2.24) is 15.6 Å². The molecule has 6 heteroatoms. The zero-order valence-corrected chi connectivity index (χ0v) is 14.6. The van der Waals surface area contributed by atoms with E-state index in [4.69, 9.17) is 4.74 Å². The second kappa shape index (κ2) is 8.50. The first-order valence-electron chi connectivity index (χ1n) is 7.85. The quantitative estimate of drug-likeness (QED) is 0.844. The van der Waals surface area contributed by atoms with E-state index in [1.807, 2.05) is 20.8 Å². The maximum atomic E-state index is 12.1. The molecule has 1 aromatic rings. The van der Waals surface area contributed by atoms with Crippen molar-refractivity contribution in [2.75, 3.05) is 6.54 Å². The minimum atomic E-state index is -0.550. The summed E-state index contributed by atoms with van der Waals surface area (Å²) < 4.78 is 5.27. The normalized spacial score (nSPS) is 12.6. The molecule has 0 bridgehead atoms.